The summed E-state index contributed by atoms with van der Waals surface area (Å²) in [6.07, 6.45) is 0. The minimum Gasteiger partial charge on any atom is -0.457 e. The zero-order valence-corrected chi connectivity index (χ0v) is 26.4. The van der Waals surface area contributed by atoms with Crippen molar-refractivity contribution >= 4 is 10.8 Å². The van der Waals surface area contributed by atoms with Gasteiger partial charge in [0.2, 0.25) is 0 Å². The first-order valence-electron chi connectivity index (χ1n) is 16.5. The van der Waals surface area contributed by atoms with Crippen molar-refractivity contribution in [3.8, 4) is 44.9 Å². The van der Waals surface area contributed by atoms with Gasteiger partial charge in [-0.1, -0.05) is 170 Å². The molecule has 0 spiro atoms. The van der Waals surface area contributed by atoms with Gasteiger partial charge in [-0.2, -0.15) is 0 Å². The van der Waals surface area contributed by atoms with Crippen molar-refractivity contribution < 1.29 is 4.74 Å². The first-order valence-corrected chi connectivity index (χ1v) is 16.5. The summed E-state index contributed by atoms with van der Waals surface area (Å²) in [4.78, 5) is 0. The molecule has 0 saturated carbocycles. The Balaban J connectivity index is 1.25. The summed E-state index contributed by atoms with van der Waals surface area (Å²) in [6.45, 7) is 0. The van der Waals surface area contributed by atoms with E-state index in [2.05, 4.69) is 194 Å². The lowest BCUT2D eigenvalue weighted by atomic mass is 9.63. The Morgan fingerprint density at radius 1 is 0.333 bits per heavy atom. The smallest absolute Gasteiger partial charge is 0.132 e. The van der Waals surface area contributed by atoms with Crippen molar-refractivity contribution in [3.05, 3.63) is 216 Å². The second-order valence-corrected chi connectivity index (χ2v) is 12.4. The molecule has 1 heteroatoms. The highest BCUT2D eigenvalue weighted by atomic mass is 16.5. The number of ether oxygens (including phenoxy) is 1. The Bertz CT molecular complexity index is 2360. The Hall–Kier alpha value is -6.18. The molecule has 0 amide bonds. The summed E-state index contributed by atoms with van der Waals surface area (Å²) in [5.41, 5.74) is 11.4. The van der Waals surface area contributed by atoms with Gasteiger partial charge in [0, 0.05) is 11.1 Å². The first-order chi connectivity index (χ1) is 23.8. The van der Waals surface area contributed by atoms with Gasteiger partial charge in [0.25, 0.3) is 0 Å². The molecule has 1 nitrogen and oxygen atoms in total. The molecule has 8 aromatic carbocycles. The van der Waals surface area contributed by atoms with E-state index in [9.17, 15) is 0 Å². The van der Waals surface area contributed by atoms with Crippen molar-refractivity contribution in [2.75, 3.05) is 0 Å². The lowest BCUT2D eigenvalue weighted by Crippen LogP contribution is -2.34. The van der Waals surface area contributed by atoms with E-state index in [0.29, 0.717) is 0 Å². The summed E-state index contributed by atoms with van der Waals surface area (Å²) >= 11 is 0. The van der Waals surface area contributed by atoms with Crippen molar-refractivity contribution in [1.29, 1.82) is 0 Å². The van der Waals surface area contributed by atoms with Crippen LogP contribution in [0.4, 0.5) is 0 Å². The van der Waals surface area contributed by atoms with Gasteiger partial charge in [0.15, 0.2) is 0 Å². The number of rotatable bonds is 5. The first kappa shape index (κ1) is 28.1. The van der Waals surface area contributed by atoms with Crippen molar-refractivity contribution in [3.63, 3.8) is 0 Å². The maximum absolute atomic E-state index is 6.66. The Morgan fingerprint density at radius 3 is 1.56 bits per heavy atom. The number of benzene rings is 8. The van der Waals surface area contributed by atoms with Crippen LogP contribution in [-0.4, -0.2) is 0 Å². The van der Waals surface area contributed by atoms with E-state index in [1.54, 1.807) is 0 Å². The summed E-state index contributed by atoms with van der Waals surface area (Å²) in [6, 6.07) is 69.8. The summed E-state index contributed by atoms with van der Waals surface area (Å²) in [5, 5.41) is 2.50. The molecule has 9 rings (SSSR count). The van der Waals surface area contributed by atoms with E-state index in [0.717, 1.165) is 28.2 Å². The highest BCUT2D eigenvalue weighted by molar-refractivity contribution is 6.06. The molecule has 0 bridgehead atoms. The van der Waals surface area contributed by atoms with Crippen molar-refractivity contribution in [2.24, 2.45) is 0 Å². The van der Waals surface area contributed by atoms with Gasteiger partial charge >= 0.3 is 0 Å². The predicted molar refractivity (Wildman–Crippen MR) is 199 cm³/mol. The fourth-order valence-electron chi connectivity index (χ4n) is 7.69. The zero-order valence-electron chi connectivity index (χ0n) is 26.4. The molecule has 0 aliphatic carbocycles. The minimum absolute atomic E-state index is 0.555. The molecule has 1 aliphatic heterocycles. The third kappa shape index (κ3) is 4.47. The molecule has 0 aromatic heterocycles. The van der Waals surface area contributed by atoms with Crippen molar-refractivity contribution in [2.45, 2.75) is 5.41 Å². The van der Waals surface area contributed by atoms with Gasteiger partial charge in [-0.05, 0) is 79.5 Å². The van der Waals surface area contributed by atoms with Crippen LogP contribution in [0, 0.1) is 0 Å². The normalized spacial score (nSPS) is 12.9. The van der Waals surface area contributed by atoms with Crippen LogP contribution >= 0.6 is 0 Å². The van der Waals surface area contributed by atoms with Crippen LogP contribution in [0.1, 0.15) is 22.3 Å². The third-order valence-corrected chi connectivity index (χ3v) is 9.80. The largest absolute Gasteiger partial charge is 0.457 e. The van der Waals surface area contributed by atoms with Crippen LogP contribution in [0.3, 0.4) is 0 Å². The van der Waals surface area contributed by atoms with Crippen LogP contribution in [0.25, 0.3) is 44.2 Å². The molecule has 226 valence electrons. The van der Waals surface area contributed by atoms with Crippen LogP contribution in [0.15, 0.2) is 194 Å². The average molecular weight is 613 g/mol. The highest BCUT2D eigenvalue weighted by Gasteiger charge is 2.45. The molecule has 1 aliphatic rings. The topological polar surface area (TPSA) is 9.23 Å². The molecule has 8 aromatic rings. The molecule has 0 N–H and O–H groups in total. The van der Waals surface area contributed by atoms with E-state index in [-0.39, 0.29) is 0 Å². The van der Waals surface area contributed by atoms with E-state index in [4.69, 9.17) is 4.74 Å². The SMILES string of the molecule is c1ccc(-c2cccc3cccc(-c4cccc(-c5ccc6c(c5)C(c5ccccc5)(c5ccccc5)c5ccccc5O6)c4)c23)cc1. The predicted octanol–water partition coefficient (Wildman–Crippen LogP) is 12.3. The summed E-state index contributed by atoms with van der Waals surface area (Å²) in [7, 11) is 0. The van der Waals surface area contributed by atoms with Crippen LogP contribution < -0.4 is 4.74 Å². The van der Waals surface area contributed by atoms with Crippen LogP contribution in [0.2, 0.25) is 0 Å². The van der Waals surface area contributed by atoms with Crippen LogP contribution in [0.5, 0.6) is 11.5 Å². The number of para-hydroxylation sites is 1. The summed E-state index contributed by atoms with van der Waals surface area (Å²) < 4.78 is 6.66. The van der Waals surface area contributed by atoms with E-state index in [1.807, 2.05) is 0 Å². The number of fused-ring (bicyclic) bond motifs is 3. The van der Waals surface area contributed by atoms with E-state index >= 15 is 0 Å². The molecule has 0 radical (unpaired) electrons. The zero-order chi connectivity index (χ0) is 31.9. The maximum Gasteiger partial charge on any atom is 0.132 e. The van der Waals surface area contributed by atoms with Gasteiger partial charge in [0.05, 0.1) is 5.41 Å². The minimum atomic E-state index is -0.555. The van der Waals surface area contributed by atoms with E-state index < -0.39 is 5.41 Å². The monoisotopic (exact) mass is 612 g/mol. The summed E-state index contributed by atoms with van der Waals surface area (Å²) in [5.74, 6) is 1.76. The lowest BCUT2D eigenvalue weighted by Gasteiger charge is -2.41. The van der Waals surface area contributed by atoms with Gasteiger partial charge < -0.3 is 4.74 Å². The third-order valence-electron chi connectivity index (χ3n) is 9.80. The quantitative estimate of drug-likeness (QED) is 0.188. The second-order valence-electron chi connectivity index (χ2n) is 12.4. The van der Waals surface area contributed by atoms with Crippen LogP contribution in [-0.2, 0) is 5.41 Å². The fourth-order valence-corrected chi connectivity index (χ4v) is 7.69. The Labute approximate surface area is 281 Å². The molecule has 0 atom stereocenters. The second kappa shape index (κ2) is 11.6. The molecular weight excluding hydrogens is 581 g/mol. The molecule has 48 heavy (non-hydrogen) atoms. The molecule has 1 heterocycles. The van der Waals surface area contributed by atoms with Gasteiger partial charge in [-0.15, -0.1) is 0 Å². The van der Waals surface area contributed by atoms with Crippen molar-refractivity contribution in [1.82, 2.24) is 0 Å². The average Bonchev–Trinajstić information content (AvgIpc) is 3.17. The molecular formula is C47H32O. The Kier molecular flexibility index (Phi) is 6.76. The Morgan fingerprint density at radius 2 is 0.854 bits per heavy atom. The number of hydrogen-bond acceptors (Lipinski definition) is 1. The molecule has 0 saturated heterocycles. The van der Waals surface area contributed by atoms with E-state index in [1.165, 1.54) is 49.7 Å². The number of hydrogen-bond donors (Lipinski definition) is 0. The van der Waals surface area contributed by atoms with Gasteiger partial charge in [-0.3, -0.25) is 0 Å². The van der Waals surface area contributed by atoms with Gasteiger partial charge in [-0.25, -0.2) is 0 Å². The standard InChI is InChI=1S/C47H32O/c1-4-15-33(16-5-1)40-25-13-17-34-18-14-26-41(46(34)40)37-20-12-19-35(31-37)36-29-30-45-43(32-36)47(38-21-6-2-7-22-38,39-23-8-3-9-24-39)42-27-10-11-28-44(42)48-45/h1-32H. The lowest BCUT2D eigenvalue weighted by molar-refractivity contribution is 0.434. The fraction of sp³-hybridized carbons (Fsp3) is 0.0213. The van der Waals surface area contributed by atoms with Gasteiger partial charge in [0.1, 0.15) is 11.5 Å². The maximum atomic E-state index is 6.66. The molecule has 0 unspecified atom stereocenters. The highest BCUT2D eigenvalue weighted by Crippen LogP contribution is 2.55. The molecule has 0 fully saturated rings.